The highest BCUT2D eigenvalue weighted by atomic mass is 16.2. The number of amides is 1. The van der Waals surface area contributed by atoms with Crippen LogP contribution in [-0.4, -0.2) is 25.5 Å². The summed E-state index contributed by atoms with van der Waals surface area (Å²) in [6.07, 6.45) is 0. The van der Waals surface area contributed by atoms with E-state index >= 15 is 0 Å². The van der Waals surface area contributed by atoms with Gasteiger partial charge in [-0.1, -0.05) is 70.3 Å². The molecule has 0 atom stereocenters. The minimum Gasteiger partial charge on any atom is -0.324 e. The van der Waals surface area contributed by atoms with Gasteiger partial charge in [0.2, 0.25) is 11.5 Å². The minimum atomic E-state index is -0.164. The molecule has 0 unspecified atom stereocenters. The third-order valence-corrected chi connectivity index (χ3v) is 7.02. The SMILES string of the molecule is O=C(C[n+]1c2ccccc2n2nc3c(cc21)c1cccc2cccc3c21)Nc1nc2ccccc2[nH]1. The number of fused-ring (bicyclic) bond motifs is 7. The quantitative estimate of drug-likeness (QED) is 0.351. The topological polar surface area (TPSA) is 79.0 Å². The van der Waals surface area contributed by atoms with Gasteiger partial charge in [0.15, 0.2) is 12.1 Å². The van der Waals surface area contributed by atoms with Crippen molar-refractivity contribution in [2.24, 2.45) is 0 Å². The number of aromatic nitrogens is 5. The molecule has 5 aromatic carbocycles. The van der Waals surface area contributed by atoms with Crippen molar-refractivity contribution < 1.29 is 9.36 Å². The van der Waals surface area contributed by atoms with Crippen LogP contribution in [0.4, 0.5) is 5.95 Å². The maximum atomic E-state index is 13.2. The van der Waals surface area contributed by atoms with Crippen LogP contribution in [0, 0.1) is 0 Å². The third-order valence-electron chi connectivity index (χ3n) is 7.02. The van der Waals surface area contributed by atoms with Crippen molar-refractivity contribution in [3.8, 4) is 0 Å². The summed E-state index contributed by atoms with van der Waals surface area (Å²) >= 11 is 0. The largest absolute Gasteiger partial charge is 0.324 e. The highest BCUT2D eigenvalue weighted by Crippen LogP contribution is 2.37. The molecule has 7 heteroatoms. The number of H-pyrrole nitrogens is 1. The van der Waals surface area contributed by atoms with Crippen LogP contribution in [0.3, 0.4) is 0 Å². The van der Waals surface area contributed by atoms with E-state index in [0.717, 1.165) is 44.0 Å². The highest BCUT2D eigenvalue weighted by molar-refractivity contribution is 6.29. The number of carbonyl (C=O) groups is 1. The molecule has 170 valence electrons. The van der Waals surface area contributed by atoms with Gasteiger partial charge < -0.3 is 4.98 Å². The number of nitrogens with one attached hydrogen (secondary N) is 2. The van der Waals surface area contributed by atoms with Crippen molar-refractivity contribution in [1.82, 2.24) is 19.6 Å². The Balaban J connectivity index is 1.32. The molecule has 0 aliphatic carbocycles. The molecule has 3 heterocycles. The average molecular weight is 468 g/mol. The Labute approximate surface area is 203 Å². The summed E-state index contributed by atoms with van der Waals surface area (Å²) in [6.45, 7) is 0.131. The summed E-state index contributed by atoms with van der Waals surface area (Å²) in [5.74, 6) is 0.277. The fourth-order valence-electron chi connectivity index (χ4n) is 5.49. The monoisotopic (exact) mass is 467 g/mol. The number of nitrogens with zero attached hydrogens (tertiary/aromatic N) is 4. The Hall–Kier alpha value is -5.04. The van der Waals surface area contributed by atoms with E-state index in [2.05, 4.69) is 57.7 Å². The minimum absolute atomic E-state index is 0.131. The van der Waals surface area contributed by atoms with Crippen molar-refractivity contribution in [1.29, 1.82) is 0 Å². The van der Waals surface area contributed by atoms with Crippen LogP contribution in [0.25, 0.3) is 60.2 Å². The average Bonchev–Trinajstić information content (AvgIpc) is 3.55. The van der Waals surface area contributed by atoms with E-state index < -0.39 is 0 Å². The number of hydrogen-bond donors (Lipinski definition) is 2. The number of para-hydroxylation sites is 4. The number of rotatable bonds is 3. The van der Waals surface area contributed by atoms with Crippen LogP contribution in [0.1, 0.15) is 0 Å². The predicted octanol–water partition coefficient (Wildman–Crippen LogP) is 5.19. The van der Waals surface area contributed by atoms with Crippen LogP contribution in [0.15, 0.2) is 91.0 Å². The van der Waals surface area contributed by atoms with Crippen LogP contribution in [0.5, 0.6) is 0 Å². The molecular formula is C29H19N6O+. The van der Waals surface area contributed by atoms with Crippen LogP contribution >= 0.6 is 0 Å². The summed E-state index contributed by atoms with van der Waals surface area (Å²) in [6, 6.07) is 30.6. The molecule has 0 aliphatic heterocycles. The van der Waals surface area contributed by atoms with Gasteiger partial charge in [-0.2, -0.15) is 0 Å². The zero-order valence-corrected chi connectivity index (χ0v) is 19.1. The van der Waals surface area contributed by atoms with E-state index in [-0.39, 0.29) is 12.5 Å². The van der Waals surface area contributed by atoms with Gasteiger partial charge in [-0.15, -0.1) is 0 Å². The fraction of sp³-hybridized carbons (Fsp3) is 0.0345. The van der Waals surface area contributed by atoms with E-state index in [4.69, 9.17) is 5.10 Å². The molecule has 0 fully saturated rings. The van der Waals surface area contributed by atoms with Gasteiger partial charge in [0, 0.05) is 16.8 Å². The van der Waals surface area contributed by atoms with Crippen molar-refractivity contribution in [2.75, 3.05) is 5.32 Å². The third kappa shape index (κ3) is 2.62. The molecular weight excluding hydrogens is 448 g/mol. The molecule has 0 saturated heterocycles. The van der Waals surface area contributed by atoms with E-state index in [0.29, 0.717) is 5.95 Å². The molecule has 2 N–H and O–H groups in total. The maximum Gasteiger partial charge on any atom is 0.309 e. The summed E-state index contributed by atoms with van der Waals surface area (Å²) < 4.78 is 3.97. The second-order valence-corrected chi connectivity index (χ2v) is 9.11. The molecule has 0 aliphatic rings. The first-order chi connectivity index (χ1) is 17.7. The number of benzene rings is 4. The lowest BCUT2D eigenvalue weighted by Gasteiger charge is -2.01. The number of hydrogen-bond acceptors (Lipinski definition) is 3. The van der Waals surface area contributed by atoms with Gasteiger partial charge in [0.05, 0.1) is 11.0 Å². The van der Waals surface area contributed by atoms with E-state index in [1.54, 1.807) is 0 Å². The molecule has 1 amide bonds. The first kappa shape index (κ1) is 19.3. The number of imidazole rings is 2. The van der Waals surface area contributed by atoms with Crippen molar-refractivity contribution in [3.63, 3.8) is 0 Å². The first-order valence-corrected chi connectivity index (χ1v) is 11.9. The van der Waals surface area contributed by atoms with E-state index in [1.165, 1.54) is 16.2 Å². The highest BCUT2D eigenvalue weighted by Gasteiger charge is 2.25. The second kappa shape index (κ2) is 6.99. The van der Waals surface area contributed by atoms with Crippen LogP contribution in [-0.2, 0) is 11.3 Å². The predicted molar refractivity (Wildman–Crippen MR) is 141 cm³/mol. The van der Waals surface area contributed by atoms with Gasteiger partial charge in [0.1, 0.15) is 5.52 Å². The van der Waals surface area contributed by atoms with E-state index in [9.17, 15) is 4.79 Å². The zero-order chi connectivity index (χ0) is 23.8. The Bertz CT molecular complexity index is 2100. The smallest absolute Gasteiger partial charge is 0.309 e. The number of carbonyl (C=O) groups excluding carboxylic acids is 1. The van der Waals surface area contributed by atoms with Gasteiger partial charge in [0.25, 0.3) is 5.91 Å². The molecule has 0 saturated carbocycles. The normalized spacial score (nSPS) is 12.1. The Morgan fingerprint density at radius 1 is 0.889 bits per heavy atom. The molecule has 8 aromatic rings. The summed E-state index contributed by atoms with van der Waals surface area (Å²) in [4.78, 5) is 20.8. The summed E-state index contributed by atoms with van der Waals surface area (Å²) in [5, 5.41) is 13.9. The van der Waals surface area contributed by atoms with Crippen molar-refractivity contribution >= 4 is 72.0 Å². The van der Waals surface area contributed by atoms with Crippen LogP contribution in [0.2, 0.25) is 0 Å². The molecule has 7 nitrogen and oxygen atoms in total. The van der Waals surface area contributed by atoms with E-state index in [1.807, 2.05) is 57.6 Å². The van der Waals surface area contributed by atoms with Crippen LogP contribution < -0.4 is 9.88 Å². The van der Waals surface area contributed by atoms with Gasteiger partial charge in [-0.3, -0.25) is 10.1 Å². The maximum absolute atomic E-state index is 13.2. The van der Waals surface area contributed by atoms with Crippen molar-refractivity contribution in [3.05, 3.63) is 91.0 Å². The summed E-state index contributed by atoms with van der Waals surface area (Å²) in [7, 11) is 0. The fourth-order valence-corrected chi connectivity index (χ4v) is 5.49. The molecule has 0 radical (unpaired) electrons. The Kier molecular flexibility index (Phi) is 3.74. The first-order valence-electron chi connectivity index (χ1n) is 11.9. The molecule has 8 rings (SSSR count). The lowest BCUT2D eigenvalue weighted by Crippen LogP contribution is -2.40. The summed E-state index contributed by atoms with van der Waals surface area (Å²) in [5.41, 5.74) is 5.42. The Morgan fingerprint density at radius 3 is 2.58 bits per heavy atom. The Morgan fingerprint density at radius 2 is 1.69 bits per heavy atom. The molecule has 3 aromatic heterocycles. The number of aromatic amines is 1. The lowest BCUT2D eigenvalue weighted by molar-refractivity contribution is -0.632. The molecule has 0 spiro atoms. The lowest BCUT2D eigenvalue weighted by atomic mass is 10.1. The van der Waals surface area contributed by atoms with Gasteiger partial charge in [-0.05, 0) is 40.4 Å². The standard InChI is InChI=1S/C29H18N6O/c36-25(32-29-30-21-11-1-2-12-22(21)31-29)16-34-23-13-3-4-14-24(23)35-26(34)15-20-18-9-5-7-17-8-6-10-19(27(17)18)28(20)33-35/h1-15,33H,16H2/p+1. The molecule has 36 heavy (non-hydrogen) atoms. The molecule has 0 bridgehead atoms. The second-order valence-electron chi connectivity index (χ2n) is 9.11. The van der Waals surface area contributed by atoms with Crippen molar-refractivity contribution in [2.45, 2.75) is 6.54 Å². The van der Waals surface area contributed by atoms with Gasteiger partial charge >= 0.3 is 5.65 Å². The number of anilines is 1. The zero-order valence-electron chi connectivity index (χ0n) is 19.1. The van der Waals surface area contributed by atoms with Gasteiger partial charge in [-0.25, -0.2) is 9.55 Å².